The van der Waals surface area contributed by atoms with Crippen LogP contribution >= 0.6 is 18.9 Å². The van der Waals surface area contributed by atoms with Crippen LogP contribution in [0.4, 0.5) is 0 Å². The molecule has 2 N–H and O–H groups in total. The van der Waals surface area contributed by atoms with E-state index in [4.69, 9.17) is 16.3 Å². The van der Waals surface area contributed by atoms with Crippen molar-refractivity contribution in [3.63, 3.8) is 0 Å². The van der Waals surface area contributed by atoms with Gasteiger partial charge in [-0.15, -0.1) is 0 Å². The molecule has 1 aliphatic heterocycles. The summed E-state index contributed by atoms with van der Waals surface area (Å²) in [7, 11) is -3.05. The number of nitriles is 1. The summed E-state index contributed by atoms with van der Waals surface area (Å²) in [6, 6.07) is 13.3. The van der Waals surface area contributed by atoms with E-state index in [2.05, 4.69) is 11.2 Å². The molecule has 7 heteroatoms. The first-order chi connectivity index (χ1) is 12.1. The first-order valence-electron chi connectivity index (χ1n) is 8.16. The van der Waals surface area contributed by atoms with E-state index in [9.17, 15) is 14.9 Å². The van der Waals surface area contributed by atoms with Gasteiger partial charge in [-0.3, -0.25) is 5.09 Å². The highest BCUT2D eigenvalue weighted by Gasteiger charge is 2.44. The van der Waals surface area contributed by atoms with Crippen molar-refractivity contribution in [2.24, 2.45) is 0 Å². The van der Waals surface area contributed by atoms with E-state index in [-0.39, 0.29) is 0 Å². The molecule has 136 valence electrons. The summed E-state index contributed by atoms with van der Waals surface area (Å²) in [5, 5.41) is 24.2. The molecule has 0 saturated carbocycles. The standard InChI is InChI=1S/C19H20ClN2O3P/c1-19(2)18(23)17(15-9-12(11-21)7-8-16(15)25-19)22-26(3,24)14-6-4-5-13(20)10-14/h4-10,17-18,23H,1-3H3,(H,22,24)/t17-,18+,26?/m1/s1. The van der Waals surface area contributed by atoms with Crippen molar-refractivity contribution < 1.29 is 14.4 Å². The zero-order valence-corrected chi connectivity index (χ0v) is 16.4. The van der Waals surface area contributed by atoms with Crippen molar-refractivity contribution in [3.05, 3.63) is 58.6 Å². The Labute approximate surface area is 158 Å². The topological polar surface area (TPSA) is 82.3 Å². The fourth-order valence-electron chi connectivity index (χ4n) is 3.09. The number of aliphatic hydroxyl groups is 1. The predicted molar refractivity (Wildman–Crippen MR) is 102 cm³/mol. The number of ether oxygens (including phenoxy) is 1. The van der Waals surface area contributed by atoms with Gasteiger partial charge in [-0.2, -0.15) is 5.26 Å². The van der Waals surface area contributed by atoms with Crippen LogP contribution in [0.1, 0.15) is 31.0 Å². The summed E-state index contributed by atoms with van der Waals surface area (Å²) >= 11 is 6.03. The van der Waals surface area contributed by atoms with E-state index in [0.29, 0.717) is 27.2 Å². The van der Waals surface area contributed by atoms with Gasteiger partial charge in [0.2, 0.25) is 0 Å². The molecular weight excluding hydrogens is 371 g/mol. The Hall–Kier alpha value is -1.83. The fraction of sp³-hybridized carbons (Fsp3) is 0.316. The van der Waals surface area contributed by atoms with Gasteiger partial charge in [0.25, 0.3) is 0 Å². The van der Waals surface area contributed by atoms with Crippen LogP contribution in [0.2, 0.25) is 5.02 Å². The van der Waals surface area contributed by atoms with Gasteiger partial charge in [0.15, 0.2) is 7.29 Å². The van der Waals surface area contributed by atoms with Crippen molar-refractivity contribution in [2.75, 3.05) is 6.66 Å². The van der Waals surface area contributed by atoms with Gasteiger partial charge in [-0.25, -0.2) is 0 Å². The van der Waals surface area contributed by atoms with E-state index < -0.39 is 25.0 Å². The summed E-state index contributed by atoms with van der Waals surface area (Å²) in [4.78, 5) is 0. The number of rotatable bonds is 3. The Morgan fingerprint density at radius 1 is 1.31 bits per heavy atom. The second-order valence-electron chi connectivity index (χ2n) is 7.03. The molecular formula is C19H20ClN2O3P. The first kappa shape index (κ1) is 18.9. The number of aliphatic hydroxyl groups excluding tert-OH is 1. The number of benzene rings is 2. The normalized spacial score (nSPS) is 23.2. The van der Waals surface area contributed by atoms with Crippen LogP contribution in [0, 0.1) is 11.3 Å². The molecule has 0 bridgehead atoms. The third-order valence-electron chi connectivity index (χ3n) is 4.56. The molecule has 5 nitrogen and oxygen atoms in total. The van der Waals surface area contributed by atoms with Gasteiger partial charge in [0, 0.05) is 22.6 Å². The van der Waals surface area contributed by atoms with Crippen LogP contribution in [-0.4, -0.2) is 23.5 Å². The van der Waals surface area contributed by atoms with Gasteiger partial charge in [0.05, 0.1) is 17.7 Å². The summed E-state index contributed by atoms with van der Waals surface area (Å²) < 4.78 is 19.3. The van der Waals surface area contributed by atoms with E-state index >= 15 is 0 Å². The molecule has 0 fully saturated rings. The average Bonchev–Trinajstić information content (AvgIpc) is 2.58. The maximum atomic E-state index is 13.4. The highest BCUT2D eigenvalue weighted by Crippen LogP contribution is 2.46. The van der Waals surface area contributed by atoms with Crippen molar-refractivity contribution in [2.45, 2.75) is 31.6 Å². The minimum atomic E-state index is -3.05. The van der Waals surface area contributed by atoms with Crippen LogP contribution in [-0.2, 0) is 4.57 Å². The third-order valence-corrected chi connectivity index (χ3v) is 6.83. The first-order valence-corrected chi connectivity index (χ1v) is 10.7. The molecule has 1 heterocycles. The third kappa shape index (κ3) is 3.51. The molecule has 2 aromatic carbocycles. The Kier molecular flexibility index (Phi) is 4.90. The lowest BCUT2D eigenvalue weighted by Crippen LogP contribution is -2.52. The number of nitrogens with zero attached hydrogens (tertiary/aromatic N) is 1. The van der Waals surface area contributed by atoms with Gasteiger partial charge < -0.3 is 14.4 Å². The van der Waals surface area contributed by atoms with E-state index in [1.165, 1.54) is 0 Å². The maximum absolute atomic E-state index is 13.4. The summed E-state index contributed by atoms with van der Waals surface area (Å²) in [6.45, 7) is 5.14. The Morgan fingerprint density at radius 3 is 2.69 bits per heavy atom. The second-order valence-corrected chi connectivity index (χ2v) is 10.1. The SMILES string of the molecule is CC1(C)Oc2ccc(C#N)cc2[C@@H](NP(C)(=O)c2cccc(Cl)c2)[C@@H]1O. The van der Waals surface area contributed by atoms with Crippen molar-refractivity contribution in [1.29, 1.82) is 5.26 Å². The van der Waals surface area contributed by atoms with Gasteiger partial charge in [-0.05, 0) is 44.2 Å². The molecule has 0 saturated heterocycles. The smallest absolute Gasteiger partial charge is 0.173 e. The Balaban J connectivity index is 2.05. The maximum Gasteiger partial charge on any atom is 0.173 e. The Bertz CT molecular complexity index is 939. The van der Waals surface area contributed by atoms with Crippen LogP contribution in [0.25, 0.3) is 0 Å². The molecule has 3 rings (SSSR count). The molecule has 0 amide bonds. The predicted octanol–water partition coefficient (Wildman–Crippen LogP) is 3.61. The molecule has 1 aliphatic rings. The molecule has 0 aliphatic carbocycles. The number of hydrogen-bond donors (Lipinski definition) is 2. The highest BCUT2D eigenvalue weighted by atomic mass is 35.5. The van der Waals surface area contributed by atoms with Gasteiger partial charge in [-0.1, -0.05) is 23.7 Å². The van der Waals surface area contributed by atoms with Crippen molar-refractivity contribution in [1.82, 2.24) is 5.09 Å². The molecule has 0 radical (unpaired) electrons. The molecule has 3 atom stereocenters. The molecule has 26 heavy (non-hydrogen) atoms. The molecule has 2 aromatic rings. The number of fused-ring (bicyclic) bond motifs is 1. The van der Waals surface area contributed by atoms with Gasteiger partial charge in [0.1, 0.15) is 17.5 Å². The number of hydrogen-bond acceptors (Lipinski definition) is 4. The van der Waals surface area contributed by atoms with Crippen LogP contribution in [0.5, 0.6) is 5.75 Å². The van der Waals surface area contributed by atoms with Crippen LogP contribution in [0.3, 0.4) is 0 Å². The minimum Gasteiger partial charge on any atom is -0.485 e. The van der Waals surface area contributed by atoms with Gasteiger partial charge >= 0.3 is 0 Å². The number of halogens is 1. The monoisotopic (exact) mass is 390 g/mol. The second kappa shape index (κ2) is 6.72. The van der Waals surface area contributed by atoms with E-state index in [0.717, 1.165) is 0 Å². The fourth-order valence-corrected chi connectivity index (χ4v) is 5.07. The van der Waals surface area contributed by atoms with Crippen LogP contribution < -0.4 is 15.1 Å². The summed E-state index contributed by atoms with van der Waals surface area (Å²) in [5.74, 6) is 0.558. The lowest BCUT2D eigenvalue weighted by Gasteiger charge is -2.43. The van der Waals surface area contributed by atoms with Crippen molar-refractivity contribution >= 4 is 24.2 Å². The zero-order valence-electron chi connectivity index (χ0n) is 14.7. The van der Waals surface area contributed by atoms with E-state index in [1.807, 2.05) is 0 Å². The molecule has 0 spiro atoms. The lowest BCUT2D eigenvalue weighted by atomic mass is 9.86. The summed E-state index contributed by atoms with van der Waals surface area (Å²) in [6.07, 6.45) is -0.962. The lowest BCUT2D eigenvalue weighted by molar-refractivity contribution is -0.0603. The quantitative estimate of drug-likeness (QED) is 0.782. The molecule has 1 unspecified atom stereocenters. The largest absolute Gasteiger partial charge is 0.485 e. The van der Waals surface area contributed by atoms with Crippen LogP contribution in [0.15, 0.2) is 42.5 Å². The Morgan fingerprint density at radius 2 is 2.04 bits per heavy atom. The number of nitrogens with one attached hydrogen (secondary N) is 1. The zero-order chi connectivity index (χ0) is 19.1. The molecule has 0 aromatic heterocycles. The van der Waals surface area contributed by atoms with E-state index in [1.54, 1.807) is 63.0 Å². The average molecular weight is 391 g/mol. The van der Waals surface area contributed by atoms with Crippen molar-refractivity contribution in [3.8, 4) is 11.8 Å². The highest BCUT2D eigenvalue weighted by molar-refractivity contribution is 7.69. The minimum absolute atomic E-state index is 0.444. The summed E-state index contributed by atoms with van der Waals surface area (Å²) in [5.41, 5.74) is 0.174.